The van der Waals surface area contributed by atoms with Crippen LogP contribution in [0.15, 0.2) is 79.0 Å². The molecule has 3 rings (SSSR count). The van der Waals surface area contributed by atoms with Crippen LogP contribution < -0.4 is 5.32 Å². The lowest BCUT2D eigenvalue weighted by molar-refractivity contribution is -0.154. The summed E-state index contributed by atoms with van der Waals surface area (Å²) in [5.41, 5.74) is 2.42. The number of ether oxygens (including phenoxy) is 2. The average Bonchev–Trinajstić information content (AvgIpc) is 3.25. The fraction of sp³-hybridized carbons (Fsp3) is 0.250. The molecule has 0 unspecified atom stereocenters. The zero-order valence-corrected chi connectivity index (χ0v) is 17.3. The molecule has 2 aromatic carbocycles. The zero-order valence-electron chi connectivity index (χ0n) is 17.3. The summed E-state index contributed by atoms with van der Waals surface area (Å²) < 4.78 is 12.1. The number of alkyl carbamates (subject to hydrolysis) is 1. The van der Waals surface area contributed by atoms with Crippen molar-refractivity contribution in [2.75, 3.05) is 6.61 Å². The molecule has 0 aliphatic heterocycles. The maximum Gasteiger partial charge on any atom is 0.408 e. The van der Waals surface area contributed by atoms with Crippen molar-refractivity contribution in [3.8, 4) is 0 Å². The molecule has 7 nitrogen and oxygen atoms in total. The molecule has 162 valence electrons. The molecule has 0 aliphatic rings. The summed E-state index contributed by atoms with van der Waals surface area (Å²) >= 11 is 0. The minimum atomic E-state index is -1.59. The summed E-state index contributed by atoms with van der Waals surface area (Å²) in [6.07, 6.45) is -0.511. The highest BCUT2D eigenvalue weighted by Crippen LogP contribution is 2.21. The number of carbonyl (C=O) groups excluding carboxylic acids is 2. The third kappa shape index (κ3) is 6.20. The Morgan fingerprint density at radius 1 is 0.935 bits per heavy atom. The molecule has 2 N–H and O–H groups in total. The number of aliphatic hydroxyl groups is 1. The van der Waals surface area contributed by atoms with Crippen LogP contribution in [0.4, 0.5) is 4.79 Å². The van der Waals surface area contributed by atoms with Crippen LogP contribution in [-0.2, 0) is 27.4 Å². The van der Waals surface area contributed by atoms with Crippen molar-refractivity contribution in [1.29, 1.82) is 0 Å². The molecule has 0 radical (unpaired) electrons. The van der Waals surface area contributed by atoms with Crippen molar-refractivity contribution in [3.05, 3.63) is 95.8 Å². The van der Waals surface area contributed by atoms with Crippen LogP contribution in [0.5, 0.6) is 0 Å². The number of aromatic nitrogens is 1. The molecule has 0 aliphatic carbocycles. The number of nitrogens with one attached hydrogen (secondary N) is 1. The van der Waals surface area contributed by atoms with Crippen LogP contribution in [0.25, 0.3) is 0 Å². The Hall–Kier alpha value is -3.58. The largest absolute Gasteiger partial charge is 0.464 e. The quantitative estimate of drug-likeness (QED) is 0.516. The van der Waals surface area contributed by atoms with Crippen molar-refractivity contribution in [2.45, 2.75) is 32.2 Å². The summed E-state index contributed by atoms with van der Waals surface area (Å²) in [4.78, 5) is 24.7. The highest BCUT2D eigenvalue weighted by Gasteiger charge is 2.32. The molecule has 7 heteroatoms. The van der Waals surface area contributed by atoms with Crippen molar-refractivity contribution >= 4 is 12.1 Å². The number of nitrogens with zero attached hydrogens (tertiary/aromatic N) is 1. The second kappa shape index (κ2) is 11.0. The van der Waals surface area contributed by atoms with Gasteiger partial charge in [0.05, 0.1) is 6.61 Å². The summed E-state index contributed by atoms with van der Waals surface area (Å²) in [6, 6.07) is 21.5. The average molecular weight is 422 g/mol. The SMILES string of the molecule is CCOC(=O)[C@H](O)[C@@H](NC(=O)OCc1ccccc1)c1cccn1Cc1ccccc1. The first-order valence-electron chi connectivity index (χ1n) is 10.1. The van der Waals surface area contributed by atoms with Gasteiger partial charge >= 0.3 is 12.1 Å². The van der Waals surface area contributed by atoms with Gasteiger partial charge in [0.15, 0.2) is 6.10 Å². The lowest BCUT2D eigenvalue weighted by Crippen LogP contribution is -2.42. The Bertz CT molecular complexity index is 972. The Morgan fingerprint density at radius 2 is 1.58 bits per heavy atom. The minimum absolute atomic E-state index is 0.0694. The van der Waals surface area contributed by atoms with Crippen LogP contribution in [0.2, 0.25) is 0 Å². The summed E-state index contributed by atoms with van der Waals surface area (Å²) in [5, 5.41) is 13.3. The minimum Gasteiger partial charge on any atom is -0.464 e. The highest BCUT2D eigenvalue weighted by molar-refractivity contribution is 5.77. The van der Waals surface area contributed by atoms with Crippen LogP contribution >= 0.6 is 0 Å². The summed E-state index contributed by atoms with van der Waals surface area (Å²) in [5.74, 6) is -0.816. The first-order valence-corrected chi connectivity index (χ1v) is 10.1. The molecule has 3 aromatic rings. The van der Waals surface area contributed by atoms with Crippen LogP contribution in [0.3, 0.4) is 0 Å². The van der Waals surface area contributed by atoms with E-state index < -0.39 is 24.2 Å². The maximum absolute atomic E-state index is 12.5. The fourth-order valence-electron chi connectivity index (χ4n) is 3.20. The number of carbonyl (C=O) groups is 2. The molecule has 0 saturated carbocycles. The maximum atomic E-state index is 12.5. The third-order valence-corrected chi connectivity index (χ3v) is 4.71. The highest BCUT2D eigenvalue weighted by atomic mass is 16.6. The van der Waals surface area contributed by atoms with Gasteiger partial charge in [0.25, 0.3) is 0 Å². The molecule has 31 heavy (non-hydrogen) atoms. The van der Waals surface area contributed by atoms with Gasteiger partial charge in [-0.15, -0.1) is 0 Å². The number of hydrogen-bond acceptors (Lipinski definition) is 5. The van der Waals surface area contributed by atoms with Crippen LogP contribution in [0.1, 0.15) is 29.8 Å². The van der Waals surface area contributed by atoms with Gasteiger partial charge in [0.1, 0.15) is 12.6 Å². The Labute approximate surface area is 181 Å². The van der Waals surface area contributed by atoms with E-state index in [4.69, 9.17) is 9.47 Å². The Kier molecular flexibility index (Phi) is 7.84. The number of esters is 1. The van der Waals surface area contributed by atoms with E-state index in [1.165, 1.54) is 0 Å². The predicted octanol–water partition coefficient (Wildman–Crippen LogP) is 3.43. The number of aliphatic hydroxyl groups excluding tert-OH is 1. The predicted molar refractivity (Wildman–Crippen MR) is 115 cm³/mol. The number of amides is 1. The molecule has 1 aromatic heterocycles. The molecular formula is C24H26N2O5. The molecule has 0 fully saturated rings. The van der Waals surface area contributed by atoms with Gasteiger partial charge in [0, 0.05) is 18.4 Å². The molecule has 0 saturated heterocycles. The van der Waals surface area contributed by atoms with E-state index in [2.05, 4.69) is 5.32 Å². The molecule has 1 amide bonds. The first-order chi connectivity index (χ1) is 15.1. The van der Waals surface area contributed by atoms with Gasteiger partial charge in [-0.1, -0.05) is 60.7 Å². The Balaban J connectivity index is 1.77. The molecular weight excluding hydrogens is 396 g/mol. The van der Waals surface area contributed by atoms with Crippen molar-refractivity contribution in [3.63, 3.8) is 0 Å². The molecule has 1 heterocycles. The van der Waals surface area contributed by atoms with Gasteiger partial charge in [-0.2, -0.15) is 0 Å². The second-order valence-electron chi connectivity index (χ2n) is 6.93. The van der Waals surface area contributed by atoms with E-state index in [1.807, 2.05) is 71.4 Å². The molecule has 2 atom stereocenters. The molecule has 0 spiro atoms. The number of benzene rings is 2. The van der Waals surface area contributed by atoms with Crippen LogP contribution in [0, 0.1) is 0 Å². The second-order valence-corrected chi connectivity index (χ2v) is 6.93. The van der Waals surface area contributed by atoms with Gasteiger partial charge in [-0.05, 0) is 30.2 Å². The first kappa shape index (κ1) is 22.1. The van der Waals surface area contributed by atoms with Crippen LogP contribution in [-0.4, -0.2) is 34.4 Å². The third-order valence-electron chi connectivity index (χ3n) is 4.71. The monoisotopic (exact) mass is 422 g/mol. The van der Waals surface area contributed by atoms with E-state index in [0.717, 1.165) is 11.1 Å². The van der Waals surface area contributed by atoms with Crippen molar-refractivity contribution in [2.24, 2.45) is 0 Å². The number of rotatable bonds is 9. The fourth-order valence-corrected chi connectivity index (χ4v) is 3.20. The topological polar surface area (TPSA) is 89.8 Å². The van der Waals surface area contributed by atoms with Gasteiger partial charge in [-0.25, -0.2) is 9.59 Å². The summed E-state index contributed by atoms with van der Waals surface area (Å²) in [7, 11) is 0. The standard InChI is InChI=1S/C24H26N2O5/c1-2-30-23(28)22(27)21(25-24(29)31-17-19-12-7-4-8-13-19)20-14-9-15-26(20)16-18-10-5-3-6-11-18/h3-15,21-22,27H,2,16-17H2,1H3,(H,25,29)/t21-,22+/m0/s1. The molecule has 0 bridgehead atoms. The lowest BCUT2D eigenvalue weighted by atomic mass is 10.1. The van der Waals surface area contributed by atoms with Crippen molar-refractivity contribution in [1.82, 2.24) is 9.88 Å². The smallest absolute Gasteiger partial charge is 0.408 e. The summed E-state index contributed by atoms with van der Waals surface area (Å²) in [6.45, 7) is 2.35. The Morgan fingerprint density at radius 3 is 2.23 bits per heavy atom. The van der Waals surface area contributed by atoms with Gasteiger partial charge < -0.3 is 24.5 Å². The lowest BCUT2D eigenvalue weighted by Gasteiger charge is -2.24. The van der Waals surface area contributed by atoms with Crippen molar-refractivity contribution < 1.29 is 24.2 Å². The van der Waals surface area contributed by atoms with E-state index in [1.54, 1.807) is 19.1 Å². The van der Waals surface area contributed by atoms with E-state index in [-0.39, 0.29) is 13.2 Å². The van der Waals surface area contributed by atoms with Gasteiger partial charge in [-0.3, -0.25) is 0 Å². The van der Waals surface area contributed by atoms with E-state index >= 15 is 0 Å². The zero-order chi connectivity index (χ0) is 22.1. The van der Waals surface area contributed by atoms with E-state index in [0.29, 0.717) is 12.2 Å². The normalized spacial score (nSPS) is 12.6. The number of hydrogen-bond donors (Lipinski definition) is 2. The van der Waals surface area contributed by atoms with Gasteiger partial charge in [0.2, 0.25) is 0 Å². The van der Waals surface area contributed by atoms with E-state index in [9.17, 15) is 14.7 Å².